The van der Waals surface area contributed by atoms with Crippen LogP contribution in [0.15, 0.2) is 59.2 Å². The molecule has 0 aliphatic carbocycles. The molecule has 3 N–H and O–H groups in total. The van der Waals surface area contributed by atoms with Gasteiger partial charge in [-0.2, -0.15) is 4.98 Å². The van der Waals surface area contributed by atoms with Crippen molar-refractivity contribution in [2.75, 3.05) is 12.4 Å². The Kier molecular flexibility index (Phi) is 5.85. The number of anilines is 2. The van der Waals surface area contributed by atoms with Gasteiger partial charge >= 0.3 is 5.97 Å². The maximum Gasteiger partial charge on any atom is 0.341 e. The largest absolute Gasteiger partial charge is 0.465 e. The number of hydrogen-bond acceptors (Lipinski definition) is 7. The molecule has 0 atom stereocenters. The average molecular weight is 443 g/mol. The molecule has 0 saturated carbocycles. The topological polar surface area (TPSA) is 116 Å². The molecule has 28 heavy (non-hydrogen) atoms. The van der Waals surface area contributed by atoms with Crippen LogP contribution >= 0.6 is 15.9 Å². The number of benzene rings is 2. The number of halogens is 1. The van der Waals surface area contributed by atoms with Crippen molar-refractivity contribution in [3.63, 3.8) is 0 Å². The van der Waals surface area contributed by atoms with E-state index in [0.717, 1.165) is 0 Å². The Bertz CT molecular complexity index is 1040. The number of carbonyl (C=O) groups is 2. The summed E-state index contributed by atoms with van der Waals surface area (Å²) in [5.74, 6) is -0.350. The fourth-order valence-corrected chi connectivity index (χ4v) is 2.57. The lowest BCUT2D eigenvalue weighted by Crippen LogP contribution is -2.11. The number of ether oxygens (including phenoxy) is 2. The lowest BCUT2D eigenvalue weighted by atomic mass is 10.2. The SMILES string of the molecule is COC(=O)c1ccccc1Oc1nc(Nc2cccc(C(N)=O)c2)ncc1Br. The number of rotatable bonds is 6. The first kappa shape index (κ1) is 19.3. The normalized spacial score (nSPS) is 10.2. The molecule has 1 aromatic heterocycles. The minimum Gasteiger partial charge on any atom is -0.465 e. The molecule has 1 amide bonds. The molecule has 3 rings (SSSR count). The number of carbonyl (C=O) groups excluding carboxylic acids is 2. The van der Waals surface area contributed by atoms with Gasteiger partial charge in [-0.3, -0.25) is 4.79 Å². The Morgan fingerprint density at radius 1 is 1.14 bits per heavy atom. The molecule has 9 heteroatoms. The molecule has 0 aliphatic heterocycles. The van der Waals surface area contributed by atoms with Gasteiger partial charge in [-0.05, 0) is 46.3 Å². The number of nitrogens with two attached hydrogens (primary N) is 1. The summed E-state index contributed by atoms with van der Waals surface area (Å²) in [6, 6.07) is 13.3. The van der Waals surface area contributed by atoms with Crippen molar-refractivity contribution in [1.29, 1.82) is 0 Å². The molecule has 0 fully saturated rings. The van der Waals surface area contributed by atoms with Gasteiger partial charge in [0.15, 0.2) is 0 Å². The predicted octanol–water partition coefficient (Wildman–Crippen LogP) is 3.66. The number of primary amides is 1. The van der Waals surface area contributed by atoms with Crippen LogP contribution in [0.25, 0.3) is 0 Å². The minimum atomic E-state index is -0.538. The van der Waals surface area contributed by atoms with Gasteiger partial charge in [0.2, 0.25) is 17.7 Å². The third-order valence-corrected chi connectivity index (χ3v) is 4.16. The van der Waals surface area contributed by atoms with Crippen molar-refractivity contribution in [3.8, 4) is 11.6 Å². The number of nitrogens with zero attached hydrogens (tertiary/aromatic N) is 2. The summed E-state index contributed by atoms with van der Waals surface area (Å²) < 4.78 is 11.0. The van der Waals surface area contributed by atoms with E-state index in [4.69, 9.17) is 15.2 Å². The smallest absolute Gasteiger partial charge is 0.341 e. The molecular weight excluding hydrogens is 428 g/mol. The van der Waals surface area contributed by atoms with Crippen LogP contribution < -0.4 is 15.8 Å². The van der Waals surface area contributed by atoms with E-state index in [2.05, 4.69) is 31.2 Å². The van der Waals surface area contributed by atoms with Gasteiger partial charge in [0.25, 0.3) is 0 Å². The zero-order valence-electron chi connectivity index (χ0n) is 14.7. The van der Waals surface area contributed by atoms with Crippen LogP contribution in [0.1, 0.15) is 20.7 Å². The van der Waals surface area contributed by atoms with Gasteiger partial charge in [-0.15, -0.1) is 0 Å². The van der Waals surface area contributed by atoms with Crippen molar-refractivity contribution in [2.24, 2.45) is 5.73 Å². The van der Waals surface area contributed by atoms with Crippen LogP contribution in [0.2, 0.25) is 0 Å². The van der Waals surface area contributed by atoms with Crippen molar-refractivity contribution in [3.05, 3.63) is 70.3 Å². The molecule has 0 saturated heterocycles. The van der Waals surface area contributed by atoms with Gasteiger partial charge in [0.05, 0.1) is 17.8 Å². The van der Waals surface area contributed by atoms with E-state index >= 15 is 0 Å². The highest BCUT2D eigenvalue weighted by molar-refractivity contribution is 9.10. The highest BCUT2D eigenvalue weighted by Crippen LogP contribution is 2.31. The summed E-state index contributed by atoms with van der Waals surface area (Å²) in [5, 5.41) is 2.98. The molecule has 8 nitrogen and oxygen atoms in total. The van der Waals surface area contributed by atoms with Crippen LogP contribution in [-0.2, 0) is 4.74 Å². The third kappa shape index (κ3) is 4.44. The molecule has 0 spiro atoms. The van der Waals surface area contributed by atoms with Crippen LogP contribution in [0.3, 0.4) is 0 Å². The average Bonchev–Trinajstić information content (AvgIpc) is 2.70. The fourth-order valence-electron chi connectivity index (χ4n) is 2.30. The van der Waals surface area contributed by atoms with E-state index in [0.29, 0.717) is 15.7 Å². The highest BCUT2D eigenvalue weighted by Gasteiger charge is 2.15. The number of esters is 1. The lowest BCUT2D eigenvalue weighted by molar-refractivity contribution is 0.0597. The van der Waals surface area contributed by atoms with Gasteiger partial charge in [0.1, 0.15) is 11.3 Å². The second-order valence-corrected chi connectivity index (χ2v) is 6.36. The molecular formula is C19H15BrN4O4. The van der Waals surface area contributed by atoms with Crippen LogP contribution in [-0.4, -0.2) is 29.0 Å². The van der Waals surface area contributed by atoms with Crippen LogP contribution in [0, 0.1) is 0 Å². The first-order chi connectivity index (χ1) is 13.5. The first-order valence-corrected chi connectivity index (χ1v) is 8.82. The highest BCUT2D eigenvalue weighted by atomic mass is 79.9. The van der Waals surface area contributed by atoms with Crippen LogP contribution in [0.4, 0.5) is 11.6 Å². The molecule has 3 aromatic rings. The van der Waals surface area contributed by atoms with Crippen molar-refractivity contribution in [1.82, 2.24) is 9.97 Å². The Balaban J connectivity index is 1.88. The predicted molar refractivity (Wildman–Crippen MR) is 106 cm³/mol. The molecule has 142 valence electrons. The van der Waals surface area contributed by atoms with Crippen molar-refractivity contribution < 1.29 is 19.1 Å². The number of para-hydroxylation sites is 1. The van der Waals surface area contributed by atoms with E-state index < -0.39 is 11.9 Å². The number of hydrogen-bond donors (Lipinski definition) is 2. The van der Waals surface area contributed by atoms with Gasteiger partial charge in [-0.1, -0.05) is 18.2 Å². The summed E-state index contributed by atoms with van der Waals surface area (Å²) in [6.45, 7) is 0. The van der Waals surface area contributed by atoms with E-state index in [1.54, 1.807) is 48.5 Å². The number of nitrogens with one attached hydrogen (secondary N) is 1. The quantitative estimate of drug-likeness (QED) is 0.559. The number of aromatic nitrogens is 2. The van der Waals surface area contributed by atoms with Crippen molar-refractivity contribution in [2.45, 2.75) is 0 Å². The second kappa shape index (κ2) is 8.49. The van der Waals surface area contributed by atoms with Gasteiger partial charge < -0.3 is 20.5 Å². The maximum absolute atomic E-state index is 11.9. The Hall–Kier alpha value is -3.46. The fraction of sp³-hybridized carbons (Fsp3) is 0.0526. The Morgan fingerprint density at radius 3 is 2.68 bits per heavy atom. The molecule has 1 heterocycles. The molecule has 0 unspecified atom stereocenters. The van der Waals surface area contributed by atoms with E-state index in [-0.39, 0.29) is 23.1 Å². The standard InChI is InChI=1S/C19H15BrN4O4/c1-27-18(26)13-7-2-3-8-15(13)28-17-14(20)10-22-19(24-17)23-12-6-4-5-11(9-12)16(21)25/h2-10H,1H3,(H2,21,25)(H,22,23,24). The molecule has 2 aromatic carbocycles. The lowest BCUT2D eigenvalue weighted by Gasteiger charge is -2.12. The van der Waals surface area contributed by atoms with Gasteiger partial charge in [-0.25, -0.2) is 9.78 Å². The summed E-state index contributed by atoms with van der Waals surface area (Å²) in [7, 11) is 1.29. The maximum atomic E-state index is 11.9. The first-order valence-electron chi connectivity index (χ1n) is 8.02. The van der Waals surface area contributed by atoms with E-state index in [1.807, 2.05) is 0 Å². The van der Waals surface area contributed by atoms with E-state index in [9.17, 15) is 9.59 Å². The second-order valence-electron chi connectivity index (χ2n) is 5.51. The summed E-state index contributed by atoms with van der Waals surface area (Å²) in [5.41, 5.74) is 6.49. The zero-order valence-corrected chi connectivity index (χ0v) is 16.3. The molecule has 0 bridgehead atoms. The number of amides is 1. The van der Waals surface area contributed by atoms with E-state index in [1.165, 1.54) is 13.3 Å². The van der Waals surface area contributed by atoms with Gasteiger partial charge in [0, 0.05) is 11.3 Å². The Morgan fingerprint density at radius 2 is 1.93 bits per heavy atom. The molecule has 0 radical (unpaired) electrons. The summed E-state index contributed by atoms with van der Waals surface area (Å²) in [4.78, 5) is 31.7. The monoisotopic (exact) mass is 442 g/mol. The number of methoxy groups -OCH3 is 1. The summed E-state index contributed by atoms with van der Waals surface area (Å²) >= 11 is 3.33. The zero-order chi connectivity index (χ0) is 20.1. The third-order valence-electron chi connectivity index (χ3n) is 3.61. The summed E-state index contributed by atoms with van der Waals surface area (Å²) in [6.07, 6.45) is 1.50. The Labute approximate surface area is 168 Å². The minimum absolute atomic E-state index is 0.194. The van der Waals surface area contributed by atoms with Crippen molar-refractivity contribution >= 4 is 39.4 Å². The molecule has 0 aliphatic rings. The van der Waals surface area contributed by atoms with Crippen LogP contribution in [0.5, 0.6) is 11.6 Å².